The van der Waals surface area contributed by atoms with Gasteiger partial charge in [-0.1, -0.05) is 19.1 Å². The molecule has 6 heteroatoms. The highest BCUT2D eigenvalue weighted by Gasteiger charge is 2.09. The quantitative estimate of drug-likeness (QED) is 0.708. The summed E-state index contributed by atoms with van der Waals surface area (Å²) in [7, 11) is 0. The minimum Gasteiger partial charge on any atom is -0.366 e. The Balaban J connectivity index is 0.00000324. The molecule has 1 unspecified atom stereocenters. The van der Waals surface area contributed by atoms with Gasteiger partial charge in [0.25, 0.3) is 0 Å². The number of rotatable bonds is 6. The van der Waals surface area contributed by atoms with Crippen LogP contribution >= 0.6 is 12.4 Å². The largest absolute Gasteiger partial charge is 0.366 e. The van der Waals surface area contributed by atoms with Crippen molar-refractivity contribution < 1.29 is 9.59 Å². The van der Waals surface area contributed by atoms with E-state index < -0.39 is 5.91 Å². The van der Waals surface area contributed by atoms with E-state index in [9.17, 15) is 9.59 Å². The minimum atomic E-state index is -0.447. The van der Waals surface area contributed by atoms with Crippen molar-refractivity contribution in [3.05, 3.63) is 35.4 Å². The second-order valence-electron chi connectivity index (χ2n) is 4.24. The second-order valence-corrected chi connectivity index (χ2v) is 4.24. The lowest BCUT2D eigenvalue weighted by Gasteiger charge is -2.10. The van der Waals surface area contributed by atoms with Crippen molar-refractivity contribution in [1.29, 1.82) is 0 Å². The molecule has 0 bridgehead atoms. The molecule has 19 heavy (non-hydrogen) atoms. The Morgan fingerprint density at radius 1 is 1.37 bits per heavy atom. The number of hydrogen-bond acceptors (Lipinski definition) is 3. The van der Waals surface area contributed by atoms with Crippen LogP contribution in [0.1, 0.15) is 22.8 Å². The molecule has 1 aromatic rings. The Labute approximate surface area is 119 Å². The van der Waals surface area contributed by atoms with E-state index in [4.69, 9.17) is 11.5 Å². The second kappa shape index (κ2) is 8.50. The smallest absolute Gasteiger partial charge is 0.248 e. The highest BCUT2D eigenvalue weighted by molar-refractivity contribution is 5.92. The molecule has 0 fully saturated rings. The third kappa shape index (κ3) is 5.72. The zero-order chi connectivity index (χ0) is 13.5. The Morgan fingerprint density at radius 3 is 2.63 bits per heavy atom. The van der Waals surface area contributed by atoms with Crippen LogP contribution in [0, 0.1) is 5.92 Å². The van der Waals surface area contributed by atoms with E-state index >= 15 is 0 Å². The molecule has 1 aromatic carbocycles. The Hall–Kier alpha value is -1.59. The van der Waals surface area contributed by atoms with Crippen LogP contribution in [0.4, 0.5) is 0 Å². The first-order chi connectivity index (χ1) is 8.54. The van der Waals surface area contributed by atoms with E-state index in [1.165, 1.54) is 0 Å². The maximum Gasteiger partial charge on any atom is 0.248 e. The number of halogens is 1. The zero-order valence-electron chi connectivity index (χ0n) is 10.9. The van der Waals surface area contributed by atoms with Gasteiger partial charge < -0.3 is 16.8 Å². The number of carbonyl (C=O) groups is 2. The molecule has 0 heterocycles. The van der Waals surface area contributed by atoms with Crippen LogP contribution in [-0.2, 0) is 11.2 Å². The zero-order valence-corrected chi connectivity index (χ0v) is 11.7. The van der Waals surface area contributed by atoms with E-state index in [1.54, 1.807) is 25.1 Å². The molecule has 0 aliphatic rings. The molecule has 0 aromatic heterocycles. The van der Waals surface area contributed by atoms with Crippen LogP contribution < -0.4 is 16.8 Å². The molecule has 5 N–H and O–H groups in total. The standard InChI is InChI=1S/C13H19N3O2.ClH/c1-9(8-14)13(18)16-6-5-10-3-2-4-11(7-10)12(15)17;/h2-4,7,9H,5-6,8,14H2,1H3,(H2,15,17)(H,16,18);1H. The van der Waals surface area contributed by atoms with Crippen LogP contribution in [0.2, 0.25) is 0 Å². The maximum absolute atomic E-state index is 11.5. The summed E-state index contributed by atoms with van der Waals surface area (Å²) >= 11 is 0. The molecule has 1 rings (SSSR count). The van der Waals surface area contributed by atoms with Crippen molar-refractivity contribution in [2.45, 2.75) is 13.3 Å². The first-order valence-electron chi connectivity index (χ1n) is 5.91. The van der Waals surface area contributed by atoms with Gasteiger partial charge in [0.15, 0.2) is 0 Å². The number of primary amides is 1. The molecule has 0 spiro atoms. The summed E-state index contributed by atoms with van der Waals surface area (Å²) in [5.41, 5.74) is 12.0. The highest BCUT2D eigenvalue weighted by atomic mass is 35.5. The van der Waals surface area contributed by atoms with Gasteiger partial charge >= 0.3 is 0 Å². The highest BCUT2D eigenvalue weighted by Crippen LogP contribution is 2.05. The van der Waals surface area contributed by atoms with Gasteiger partial charge in [-0.25, -0.2) is 0 Å². The van der Waals surface area contributed by atoms with Gasteiger partial charge in [-0.3, -0.25) is 9.59 Å². The van der Waals surface area contributed by atoms with E-state index in [2.05, 4.69) is 5.32 Å². The van der Waals surface area contributed by atoms with Crippen molar-refractivity contribution in [2.24, 2.45) is 17.4 Å². The minimum absolute atomic E-state index is 0. The summed E-state index contributed by atoms with van der Waals surface area (Å²) in [6, 6.07) is 7.08. The van der Waals surface area contributed by atoms with Crippen LogP contribution in [-0.4, -0.2) is 24.9 Å². The summed E-state index contributed by atoms with van der Waals surface area (Å²) in [4.78, 5) is 22.5. The third-order valence-corrected chi connectivity index (χ3v) is 2.73. The summed E-state index contributed by atoms with van der Waals surface area (Å²) in [5, 5.41) is 2.80. The molecule has 0 radical (unpaired) electrons. The van der Waals surface area contributed by atoms with Crippen molar-refractivity contribution in [2.75, 3.05) is 13.1 Å². The van der Waals surface area contributed by atoms with E-state index in [-0.39, 0.29) is 24.2 Å². The molecular formula is C13H20ClN3O2. The van der Waals surface area contributed by atoms with Crippen LogP contribution in [0.25, 0.3) is 0 Å². The normalized spacial score (nSPS) is 11.3. The lowest BCUT2D eigenvalue weighted by Crippen LogP contribution is -2.34. The molecule has 0 aliphatic carbocycles. The number of nitrogens with two attached hydrogens (primary N) is 2. The Kier molecular flexibility index (Phi) is 7.79. The Bertz CT molecular complexity index is 438. The molecule has 0 saturated heterocycles. The summed E-state index contributed by atoms with van der Waals surface area (Å²) in [6.45, 7) is 2.64. The third-order valence-electron chi connectivity index (χ3n) is 2.73. The summed E-state index contributed by atoms with van der Waals surface area (Å²) < 4.78 is 0. The molecule has 5 nitrogen and oxygen atoms in total. The van der Waals surface area contributed by atoms with Gasteiger partial charge in [0.05, 0.1) is 0 Å². The summed E-state index contributed by atoms with van der Waals surface area (Å²) in [5.74, 6) is -0.678. The van der Waals surface area contributed by atoms with Crippen LogP contribution in [0.5, 0.6) is 0 Å². The molecule has 0 aliphatic heterocycles. The fourth-order valence-corrected chi connectivity index (χ4v) is 1.49. The van der Waals surface area contributed by atoms with E-state index in [0.717, 1.165) is 5.56 Å². The first-order valence-corrected chi connectivity index (χ1v) is 5.91. The van der Waals surface area contributed by atoms with Gasteiger partial charge in [0, 0.05) is 24.6 Å². The maximum atomic E-state index is 11.5. The molecule has 106 valence electrons. The van der Waals surface area contributed by atoms with Crippen LogP contribution in [0.3, 0.4) is 0 Å². The van der Waals surface area contributed by atoms with Crippen LogP contribution in [0.15, 0.2) is 24.3 Å². The van der Waals surface area contributed by atoms with Crippen molar-refractivity contribution in [3.8, 4) is 0 Å². The predicted molar refractivity (Wildman–Crippen MR) is 77.1 cm³/mol. The number of amides is 2. The first kappa shape index (κ1) is 17.4. The van der Waals surface area contributed by atoms with Gasteiger partial charge in [-0.05, 0) is 24.1 Å². The van der Waals surface area contributed by atoms with Crippen molar-refractivity contribution in [3.63, 3.8) is 0 Å². The van der Waals surface area contributed by atoms with Crippen molar-refractivity contribution in [1.82, 2.24) is 5.32 Å². The number of carbonyl (C=O) groups excluding carboxylic acids is 2. The topological polar surface area (TPSA) is 98.2 Å². The van der Waals surface area contributed by atoms with E-state index in [1.807, 2.05) is 6.07 Å². The van der Waals surface area contributed by atoms with E-state index in [0.29, 0.717) is 25.1 Å². The molecular weight excluding hydrogens is 266 g/mol. The molecule has 0 saturated carbocycles. The fourth-order valence-electron chi connectivity index (χ4n) is 1.49. The van der Waals surface area contributed by atoms with Crippen molar-refractivity contribution >= 4 is 24.2 Å². The van der Waals surface area contributed by atoms with Gasteiger partial charge in [-0.2, -0.15) is 0 Å². The molecule has 1 atom stereocenters. The summed E-state index contributed by atoms with van der Waals surface area (Å²) in [6.07, 6.45) is 0.657. The number of benzene rings is 1. The SMILES string of the molecule is CC(CN)C(=O)NCCc1cccc(C(N)=O)c1.Cl. The predicted octanol–water partition coefficient (Wildman–Crippen LogP) is 0.461. The van der Waals surface area contributed by atoms with Gasteiger partial charge in [-0.15, -0.1) is 12.4 Å². The number of nitrogens with one attached hydrogen (secondary N) is 1. The lowest BCUT2D eigenvalue weighted by atomic mass is 10.1. The lowest BCUT2D eigenvalue weighted by molar-refractivity contribution is -0.124. The Morgan fingerprint density at radius 2 is 2.05 bits per heavy atom. The average Bonchev–Trinajstić information content (AvgIpc) is 2.38. The average molecular weight is 286 g/mol. The van der Waals surface area contributed by atoms with Gasteiger partial charge in [0.1, 0.15) is 0 Å². The fraction of sp³-hybridized carbons (Fsp3) is 0.385. The molecule has 2 amide bonds. The monoisotopic (exact) mass is 285 g/mol. The van der Waals surface area contributed by atoms with Gasteiger partial charge in [0.2, 0.25) is 11.8 Å². The number of hydrogen-bond donors (Lipinski definition) is 3.